The van der Waals surface area contributed by atoms with Crippen molar-refractivity contribution in [2.45, 2.75) is 26.4 Å². The highest BCUT2D eigenvalue weighted by Crippen LogP contribution is 2.25. The molecule has 1 amide bonds. The number of rotatable bonds is 5. The number of hydrogen-bond acceptors (Lipinski definition) is 5. The van der Waals surface area contributed by atoms with Gasteiger partial charge in [0.25, 0.3) is 0 Å². The van der Waals surface area contributed by atoms with Gasteiger partial charge in [0.2, 0.25) is 5.91 Å². The Morgan fingerprint density at radius 3 is 2.75 bits per heavy atom. The van der Waals surface area contributed by atoms with Crippen molar-refractivity contribution < 1.29 is 13.2 Å². The van der Waals surface area contributed by atoms with Gasteiger partial charge in [0.05, 0.1) is 36.2 Å². The maximum absolute atomic E-state index is 12.9. The molecule has 2 aromatic rings. The molecule has 1 saturated heterocycles. The van der Waals surface area contributed by atoms with Crippen molar-refractivity contribution in [1.29, 1.82) is 0 Å². The third-order valence-corrected chi connectivity index (χ3v) is 7.05. The first-order chi connectivity index (χ1) is 11.4. The van der Waals surface area contributed by atoms with Crippen LogP contribution in [0.25, 0.3) is 0 Å². The van der Waals surface area contributed by atoms with E-state index in [0.717, 1.165) is 16.1 Å². The van der Waals surface area contributed by atoms with Gasteiger partial charge in [0, 0.05) is 11.1 Å². The standard InChI is InChI=1S/C17H20N2O3S2/c1-13-5-8-23-16(13)11-19(10-15-4-2-3-7-18-15)17(20)14-6-9-24(21,22)12-14/h2-5,7-8,14H,6,9-12H2,1H3/t14-/m1/s1. The summed E-state index contributed by atoms with van der Waals surface area (Å²) in [4.78, 5) is 20.1. The lowest BCUT2D eigenvalue weighted by molar-refractivity contribution is -0.136. The minimum Gasteiger partial charge on any atom is -0.331 e. The van der Waals surface area contributed by atoms with Crippen LogP contribution in [0.4, 0.5) is 0 Å². The number of aryl methyl sites for hydroxylation is 1. The first kappa shape index (κ1) is 17.1. The number of pyridine rings is 1. The summed E-state index contributed by atoms with van der Waals surface area (Å²) in [6.07, 6.45) is 2.12. The van der Waals surface area contributed by atoms with Gasteiger partial charge in [-0.25, -0.2) is 8.42 Å². The summed E-state index contributed by atoms with van der Waals surface area (Å²) in [5.41, 5.74) is 1.96. The highest BCUT2D eigenvalue weighted by Gasteiger charge is 2.35. The van der Waals surface area contributed by atoms with Crippen molar-refractivity contribution in [2.75, 3.05) is 11.5 Å². The normalized spacial score (nSPS) is 19.3. The molecule has 128 valence electrons. The summed E-state index contributed by atoms with van der Waals surface area (Å²) in [5, 5.41) is 2.01. The number of aromatic nitrogens is 1. The second-order valence-electron chi connectivity index (χ2n) is 6.14. The van der Waals surface area contributed by atoms with Gasteiger partial charge in [-0.3, -0.25) is 9.78 Å². The van der Waals surface area contributed by atoms with E-state index in [4.69, 9.17) is 0 Å². The number of carbonyl (C=O) groups is 1. The van der Waals surface area contributed by atoms with E-state index in [0.29, 0.717) is 19.5 Å². The Kier molecular flexibility index (Phi) is 5.01. The summed E-state index contributed by atoms with van der Waals surface area (Å²) >= 11 is 1.62. The van der Waals surface area contributed by atoms with Crippen LogP contribution in [0.2, 0.25) is 0 Å². The van der Waals surface area contributed by atoms with Gasteiger partial charge in [-0.05, 0) is 42.5 Å². The molecule has 1 atom stereocenters. The van der Waals surface area contributed by atoms with E-state index in [1.54, 1.807) is 22.4 Å². The predicted octanol–water partition coefficient (Wildman–Crippen LogP) is 2.42. The summed E-state index contributed by atoms with van der Waals surface area (Å²) in [7, 11) is -3.08. The number of amides is 1. The first-order valence-electron chi connectivity index (χ1n) is 7.87. The Labute approximate surface area is 146 Å². The second-order valence-corrected chi connectivity index (χ2v) is 9.37. The molecule has 7 heteroatoms. The van der Waals surface area contributed by atoms with Gasteiger partial charge >= 0.3 is 0 Å². The average Bonchev–Trinajstić information content (AvgIpc) is 3.12. The lowest BCUT2D eigenvalue weighted by Gasteiger charge is -2.25. The fraction of sp³-hybridized carbons (Fsp3) is 0.412. The SMILES string of the molecule is Cc1ccsc1CN(Cc1ccccn1)C(=O)[C@@H]1CCS(=O)(=O)C1. The van der Waals surface area contributed by atoms with Crippen molar-refractivity contribution in [1.82, 2.24) is 9.88 Å². The first-order valence-corrected chi connectivity index (χ1v) is 10.6. The Bertz CT molecular complexity index is 815. The smallest absolute Gasteiger partial charge is 0.227 e. The van der Waals surface area contributed by atoms with Crippen LogP contribution in [0.15, 0.2) is 35.8 Å². The quantitative estimate of drug-likeness (QED) is 0.817. The summed E-state index contributed by atoms with van der Waals surface area (Å²) in [5.74, 6) is -0.444. The Morgan fingerprint density at radius 1 is 1.33 bits per heavy atom. The summed E-state index contributed by atoms with van der Waals surface area (Å²) < 4.78 is 23.4. The minimum absolute atomic E-state index is 0.0338. The molecule has 1 aliphatic rings. The second kappa shape index (κ2) is 7.03. The predicted molar refractivity (Wildman–Crippen MR) is 94.3 cm³/mol. The fourth-order valence-corrected chi connectivity index (χ4v) is 5.54. The molecule has 0 N–H and O–H groups in total. The van der Waals surface area contributed by atoms with Crippen molar-refractivity contribution in [3.63, 3.8) is 0 Å². The highest BCUT2D eigenvalue weighted by molar-refractivity contribution is 7.91. The van der Waals surface area contributed by atoms with Crippen LogP contribution in [0.3, 0.4) is 0 Å². The van der Waals surface area contributed by atoms with Crippen molar-refractivity contribution >= 4 is 27.1 Å². The van der Waals surface area contributed by atoms with Crippen LogP contribution in [0.5, 0.6) is 0 Å². The van der Waals surface area contributed by atoms with Gasteiger partial charge in [0.15, 0.2) is 9.84 Å². The molecule has 24 heavy (non-hydrogen) atoms. The largest absolute Gasteiger partial charge is 0.331 e. The maximum Gasteiger partial charge on any atom is 0.227 e. The molecule has 0 aliphatic carbocycles. The topological polar surface area (TPSA) is 67.3 Å². The van der Waals surface area contributed by atoms with Gasteiger partial charge in [-0.15, -0.1) is 11.3 Å². The van der Waals surface area contributed by atoms with E-state index >= 15 is 0 Å². The molecule has 5 nitrogen and oxygen atoms in total. The lowest BCUT2D eigenvalue weighted by Crippen LogP contribution is -2.36. The maximum atomic E-state index is 12.9. The van der Waals surface area contributed by atoms with Crippen LogP contribution < -0.4 is 0 Å². The minimum atomic E-state index is -3.08. The van der Waals surface area contributed by atoms with E-state index in [2.05, 4.69) is 4.98 Å². The van der Waals surface area contributed by atoms with Crippen LogP contribution in [-0.4, -0.2) is 35.7 Å². The third kappa shape index (κ3) is 4.02. The van der Waals surface area contributed by atoms with Crippen LogP contribution in [0, 0.1) is 12.8 Å². The molecule has 2 aromatic heterocycles. The van der Waals surface area contributed by atoms with E-state index in [1.807, 2.05) is 36.6 Å². The molecule has 0 saturated carbocycles. The van der Waals surface area contributed by atoms with Crippen molar-refractivity contribution in [2.24, 2.45) is 5.92 Å². The molecule has 0 spiro atoms. The number of nitrogens with zero attached hydrogens (tertiary/aromatic N) is 2. The molecule has 0 bridgehead atoms. The molecule has 1 fully saturated rings. The van der Waals surface area contributed by atoms with Crippen LogP contribution in [-0.2, 0) is 27.7 Å². The van der Waals surface area contributed by atoms with Crippen molar-refractivity contribution in [3.05, 3.63) is 52.0 Å². The zero-order chi connectivity index (χ0) is 17.2. The molecule has 1 aliphatic heterocycles. The lowest BCUT2D eigenvalue weighted by atomic mass is 10.1. The number of sulfone groups is 1. The average molecular weight is 364 g/mol. The zero-order valence-corrected chi connectivity index (χ0v) is 15.1. The fourth-order valence-electron chi connectivity index (χ4n) is 2.89. The molecule has 0 aromatic carbocycles. The number of thiophene rings is 1. The Morgan fingerprint density at radius 2 is 2.17 bits per heavy atom. The Balaban J connectivity index is 1.81. The number of carbonyl (C=O) groups excluding carboxylic acids is 1. The molecule has 0 unspecified atom stereocenters. The molecular weight excluding hydrogens is 344 g/mol. The van der Waals surface area contributed by atoms with Crippen molar-refractivity contribution in [3.8, 4) is 0 Å². The van der Waals surface area contributed by atoms with Crippen LogP contribution >= 0.6 is 11.3 Å². The third-order valence-electron chi connectivity index (χ3n) is 4.27. The number of hydrogen-bond donors (Lipinski definition) is 0. The summed E-state index contributed by atoms with van der Waals surface area (Å²) in [6, 6.07) is 7.64. The summed E-state index contributed by atoms with van der Waals surface area (Å²) in [6.45, 7) is 2.91. The monoisotopic (exact) mass is 364 g/mol. The van der Waals surface area contributed by atoms with Gasteiger partial charge in [0.1, 0.15) is 0 Å². The van der Waals surface area contributed by atoms with E-state index in [9.17, 15) is 13.2 Å². The molecular formula is C17H20N2O3S2. The van der Waals surface area contributed by atoms with E-state index in [1.165, 1.54) is 0 Å². The molecule has 3 heterocycles. The zero-order valence-electron chi connectivity index (χ0n) is 13.5. The van der Waals surface area contributed by atoms with Crippen LogP contribution in [0.1, 0.15) is 22.6 Å². The van der Waals surface area contributed by atoms with Gasteiger partial charge in [-0.1, -0.05) is 6.07 Å². The molecule has 3 rings (SSSR count). The molecule has 0 radical (unpaired) electrons. The highest BCUT2D eigenvalue weighted by atomic mass is 32.2. The van der Waals surface area contributed by atoms with Gasteiger partial charge in [-0.2, -0.15) is 0 Å². The van der Waals surface area contributed by atoms with E-state index in [-0.39, 0.29) is 17.4 Å². The Hall–Kier alpha value is -1.73. The van der Waals surface area contributed by atoms with E-state index < -0.39 is 15.8 Å². The van der Waals surface area contributed by atoms with Gasteiger partial charge < -0.3 is 4.90 Å².